The minimum atomic E-state index is -1.06. The molecule has 0 spiro atoms. The first-order valence-electron chi connectivity index (χ1n) is 6.68. The molecular formula is C15H19F2NO2. The number of Topliss-reactive ketones (excluding diaryl/α,β-unsaturated/α-hetero) is 1. The third kappa shape index (κ3) is 2.60. The van der Waals surface area contributed by atoms with Gasteiger partial charge < -0.3 is 4.74 Å². The number of aryl methyl sites for hydroxylation is 1. The van der Waals surface area contributed by atoms with E-state index in [1.54, 1.807) is 13.8 Å². The number of carbonyl (C=O) groups excluding carboxylic acids is 1. The quantitative estimate of drug-likeness (QED) is 0.799. The molecule has 0 unspecified atom stereocenters. The molecule has 1 aromatic rings. The van der Waals surface area contributed by atoms with Crippen LogP contribution in [0.1, 0.15) is 29.8 Å². The molecule has 1 aliphatic heterocycles. The van der Waals surface area contributed by atoms with E-state index in [-0.39, 0.29) is 11.1 Å². The summed E-state index contributed by atoms with van der Waals surface area (Å²) in [5.41, 5.74) is -0.875. The number of hydrogen-bond donors (Lipinski definition) is 0. The van der Waals surface area contributed by atoms with Crippen LogP contribution in [0.15, 0.2) is 12.1 Å². The number of ketones is 1. The Morgan fingerprint density at radius 1 is 1.20 bits per heavy atom. The van der Waals surface area contributed by atoms with Crippen LogP contribution in [0, 0.1) is 18.6 Å². The standard InChI is InChI=1S/C15H19F2NO2/c1-10-4-5-11(13(17)12(10)16)14(19)15(2,3)18-6-8-20-9-7-18/h4-5H,6-9H2,1-3H3. The monoisotopic (exact) mass is 283 g/mol. The molecule has 0 N–H and O–H groups in total. The van der Waals surface area contributed by atoms with E-state index >= 15 is 0 Å². The highest BCUT2D eigenvalue weighted by molar-refractivity contribution is 6.03. The first kappa shape index (κ1) is 15.1. The summed E-state index contributed by atoms with van der Waals surface area (Å²) in [4.78, 5) is 14.5. The van der Waals surface area contributed by atoms with Crippen molar-refractivity contribution in [2.45, 2.75) is 26.3 Å². The third-order valence-corrected chi connectivity index (χ3v) is 3.88. The molecule has 1 aromatic carbocycles. The first-order valence-corrected chi connectivity index (χ1v) is 6.68. The molecule has 1 fully saturated rings. The molecular weight excluding hydrogens is 264 g/mol. The van der Waals surface area contributed by atoms with Crippen molar-refractivity contribution in [1.29, 1.82) is 0 Å². The normalized spacial score (nSPS) is 17.2. The van der Waals surface area contributed by atoms with Gasteiger partial charge in [-0.1, -0.05) is 6.07 Å². The van der Waals surface area contributed by atoms with Crippen molar-refractivity contribution in [2.24, 2.45) is 0 Å². The Hall–Kier alpha value is -1.33. The highest BCUT2D eigenvalue weighted by atomic mass is 19.2. The van der Waals surface area contributed by atoms with Crippen molar-refractivity contribution in [3.63, 3.8) is 0 Å². The molecule has 0 aromatic heterocycles. The number of hydrogen-bond acceptors (Lipinski definition) is 3. The number of morpholine rings is 1. The second-order valence-electron chi connectivity index (χ2n) is 5.55. The maximum Gasteiger partial charge on any atom is 0.185 e. The molecule has 1 saturated heterocycles. The molecule has 0 aliphatic carbocycles. The van der Waals surface area contributed by atoms with E-state index in [0.29, 0.717) is 26.3 Å². The molecule has 0 saturated carbocycles. The van der Waals surface area contributed by atoms with Gasteiger partial charge in [-0.15, -0.1) is 0 Å². The smallest absolute Gasteiger partial charge is 0.185 e. The molecule has 0 amide bonds. The average molecular weight is 283 g/mol. The topological polar surface area (TPSA) is 29.5 Å². The van der Waals surface area contributed by atoms with Gasteiger partial charge in [0.05, 0.1) is 24.3 Å². The number of carbonyl (C=O) groups is 1. The molecule has 2 rings (SSSR count). The second-order valence-corrected chi connectivity index (χ2v) is 5.55. The number of ether oxygens (including phenoxy) is 1. The van der Waals surface area contributed by atoms with E-state index in [9.17, 15) is 13.6 Å². The lowest BCUT2D eigenvalue weighted by atomic mass is 9.90. The number of halogens is 2. The van der Waals surface area contributed by atoms with Crippen LogP contribution >= 0.6 is 0 Å². The summed E-state index contributed by atoms with van der Waals surface area (Å²) in [5.74, 6) is -2.42. The van der Waals surface area contributed by atoms with Crippen molar-refractivity contribution in [3.05, 3.63) is 34.9 Å². The van der Waals surface area contributed by atoms with E-state index in [2.05, 4.69) is 0 Å². The maximum atomic E-state index is 14.0. The van der Waals surface area contributed by atoms with Gasteiger partial charge in [0.15, 0.2) is 17.4 Å². The Balaban J connectivity index is 2.32. The molecule has 5 heteroatoms. The van der Waals surface area contributed by atoms with Crippen LogP contribution in [0.2, 0.25) is 0 Å². The Labute approximate surface area is 117 Å². The van der Waals surface area contributed by atoms with Crippen LogP contribution in [0.25, 0.3) is 0 Å². The van der Waals surface area contributed by atoms with Gasteiger partial charge in [0.25, 0.3) is 0 Å². The summed E-state index contributed by atoms with van der Waals surface area (Å²) in [7, 11) is 0. The van der Waals surface area contributed by atoms with Crippen LogP contribution in [0.5, 0.6) is 0 Å². The van der Waals surface area contributed by atoms with Crippen LogP contribution in [0.3, 0.4) is 0 Å². The summed E-state index contributed by atoms with van der Waals surface area (Å²) < 4.78 is 32.8. The van der Waals surface area contributed by atoms with E-state index < -0.39 is 23.0 Å². The Morgan fingerprint density at radius 3 is 2.40 bits per heavy atom. The SMILES string of the molecule is Cc1ccc(C(=O)C(C)(C)N2CCOCC2)c(F)c1F. The van der Waals surface area contributed by atoms with Gasteiger partial charge >= 0.3 is 0 Å². The predicted molar refractivity (Wildman–Crippen MR) is 71.9 cm³/mol. The molecule has 1 heterocycles. The van der Waals surface area contributed by atoms with Gasteiger partial charge in [-0.2, -0.15) is 0 Å². The lowest BCUT2D eigenvalue weighted by Gasteiger charge is -2.39. The van der Waals surface area contributed by atoms with Crippen molar-refractivity contribution >= 4 is 5.78 Å². The van der Waals surface area contributed by atoms with Crippen LogP contribution < -0.4 is 0 Å². The van der Waals surface area contributed by atoms with Gasteiger partial charge in [0, 0.05) is 13.1 Å². The molecule has 110 valence electrons. The largest absolute Gasteiger partial charge is 0.379 e. The minimum Gasteiger partial charge on any atom is -0.379 e. The number of rotatable bonds is 3. The Morgan fingerprint density at radius 2 is 1.80 bits per heavy atom. The average Bonchev–Trinajstić information content (AvgIpc) is 2.45. The first-order chi connectivity index (χ1) is 9.35. The van der Waals surface area contributed by atoms with E-state index in [1.165, 1.54) is 19.1 Å². The van der Waals surface area contributed by atoms with Crippen molar-refractivity contribution < 1.29 is 18.3 Å². The lowest BCUT2D eigenvalue weighted by molar-refractivity contribution is -0.00445. The van der Waals surface area contributed by atoms with E-state index in [0.717, 1.165) is 0 Å². The summed E-state index contributed by atoms with van der Waals surface area (Å²) in [6.07, 6.45) is 0. The van der Waals surface area contributed by atoms with Gasteiger partial charge in [-0.25, -0.2) is 8.78 Å². The summed E-state index contributed by atoms with van der Waals surface area (Å²) in [6.45, 7) is 7.24. The van der Waals surface area contributed by atoms with Crippen LogP contribution in [-0.2, 0) is 4.74 Å². The summed E-state index contributed by atoms with van der Waals surface area (Å²) in [5, 5.41) is 0. The van der Waals surface area contributed by atoms with Crippen LogP contribution in [-0.4, -0.2) is 42.5 Å². The van der Waals surface area contributed by atoms with Gasteiger partial charge in [-0.3, -0.25) is 9.69 Å². The van der Waals surface area contributed by atoms with Crippen LogP contribution in [0.4, 0.5) is 8.78 Å². The summed E-state index contributed by atoms with van der Waals surface area (Å²) >= 11 is 0. The van der Waals surface area contributed by atoms with Crippen molar-refractivity contribution in [2.75, 3.05) is 26.3 Å². The van der Waals surface area contributed by atoms with Gasteiger partial charge in [-0.05, 0) is 32.4 Å². The molecule has 3 nitrogen and oxygen atoms in total. The van der Waals surface area contributed by atoms with E-state index in [1.807, 2.05) is 4.90 Å². The van der Waals surface area contributed by atoms with Crippen molar-refractivity contribution in [3.8, 4) is 0 Å². The lowest BCUT2D eigenvalue weighted by Crippen LogP contribution is -2.54. The second kappa shape index (κ2) is 5.58. The molecule has 0 radical (unpaired) electrons. The minimum absolute atomic E-state index is 0.190. The fourth-order valence-electron chi connectivity index (χ4n) is 2.42. The zero-order chi connectivity index (χ0) is 14.9. The zero-order valence-electron chi connectivity index (χ0n) is 12.0. The Kier molecular flexibility index (Phi) is 4.20. The molecule has 1 aliphatic rings. The van der Waals surface area contributed by atoms with E-state index in [4.69, 9.17) is 4.74 Å². The zero-order valence-corrected chi connectivity index (χ0v) is 12.0. The highest BCUT2D eigenvalue weighted by Crippen LogP contribution is 2.25. The molecule has 0 bridgehead atoms. The fourth-order valence-corrected chi connectivity index (χ4v) is 2.42. The molecule has 20 heavy (non-hydrogen) atoms. The predicted octanol–water partition coefficient (Wildman–Crippen LogP) is 2.57. The Bertz CT molecular complexity index is 523. The highest BCUT2D eigenvalue weighted by Gasteiger charge is 2.37. The van der Waals surface area contributed by atoms with Gasteiger partial charge in [0.1, 0.15) is 0 Å². The fraction of sp³-hybridized carbons (Fsp3) is 0.533. The number of nitrogens with zero attached hydrogens (tertiary/aromatic N) is 1. The third-order valence-electron chi connectivity index (χ3n) is 3.88. The summed E-state index contributed by atoms with van der Waals surface area (Å²) in [6, 6.07) is 2.79. The number of benzene rings is 1. The van der Waals surface area contributed by atoms with Crippen molar-refractivity contribution in [1.82, 2.24) is 4.90 Å². The van der Waals surface area contributed by atoms with Gasteiger partial charge in [0.2, 0.25) is 0 Å². The maximum absolute atomic E-state index is 14.0. The molecule has 0 atom stereocenters.